The van der Waals surface area contributed by atoms with Crippen LogP contribution in [-0.2, 0) is 10.2 Å². The summed E-state index contributed by atoms with van der Waals surface area (Å²) >= 11 is 6.13. The molecule has 1 atom stereocenters. The van der Waals surface area contributed by atoms with E-state index in [-0.39, 0.29) is 17.6 Å². The minimum absolute atomic E-state index is 0.0796. The monoisotopic (exact) mass is 388 g/mol. The molecule has 0 radical (unpaired) electrons. The molecule has 0 aromatic heterocycles. The van der Waals surface area contributed by atoms with E-state index in [0.717, 1.165) is 24.3 Å². The van der Waals surface area contributed by atoms with Crippen LogP contribution in [0.25, 0.3) is 0 Å². The van der Waals surface area contributed by atoms with Gasteiger partial charge in [-0.25, -0.2) is 4.79 Å². The van der Waals surface area contributed by atoms with E-state index in [1.807, 2.05) is 44.0 Å². The zero-order chi connectivity index (χ0) is 19.7. The van der Waals surface area contributed by atoms with Gasteiger partial charge in [0.2, 0.25) is 0 Å². The molecule has 1 saturated heterocycles. The normalized spacial score (nSPS) is 22.3. The lowest BCUT2D eigenvalue weighted by molar-refractivity contribution is 0.0177. The highest BCUT2D eigenvalue weighted by molar-refractivity contribution is 6.30. The van der Waals surface area contributed by atoms with Crippen LogP contribution >= 0.6 is 11.6 Å². The number of allylic oxidation sites excluding steroid dienone is 1. The van der Waals surface area contributed by atoms with Crippen molar-refractivity contribution in [1.29, 1.82) is 0 Å². The summed E-state index contributed by atoms with van der Waals surface area (Å²) in [6, 6.07) is 8.46. The van der Waals surface area contributed by atoms with E-state index in [9.17, 15) is 4.79 Å². The molecule has 1 fully saturated rings. The molecule has 0 N–H and O–H groups in total. The van der Waals surface area contributed by atoms with Crippen molar-refractivity contribution in [2.24, 2.45) is 4.99 Å². The summed E-state index contributed by atoms with van der Waals surface area (Å²) < 4.78 is 5.56. The third kappa shape index (κ3) is 4.55. The summed E-state index contributed by atoms with van der Waals surface area (Å²) in [4.78, 5) is 18.8. The van der Waals surface area contributed by atoms with Crippen LogP contribution in [0.5, 0.6) is 0 Å². The Bertz CT molecular complexity index is 739. The average Bonchev–Trinajstić information content (AvgIpc) is 2.61. The maximum atomic E-state index is 12.5. The maximum absolute atomic E-state index is 12.5. The van der Waals surface area contributed by atoms with Crippen molar-refractivity contribution < 1.29 is 9.53 Å². The highest BCUT2D eigenvalue weighted by Crippen LogP contribution is 2.44. The molecule has 0 saturated carbocycles. The second-order valence-electron chi connectivity index (χ2n) is 8.60. The van der Waals surface area contributed by atoms with Crippen LogP contribution in [0.4, 0.5) is 4.79 Å². The fraction of sp³-hybridized carbons (Fsp3) is 0.545. The lowest BCUT2D eigenvalue weighted by Gasteiger charge is -2.45. The third-order valence-electron chi connectivity index (χ3n) is 5.41. The van der Waals surface area contributed by atoms with Gasteiger partial charge in [0, 0.05) is 29.7 Å². The molecule has 1 aromatic carbocycles. The molecule has 0 spiro atoms. The first-order chi connectivity index (χ1) is 12.7. The first kappa shape index (κ1) is 19.9. The molecule has 5 heteroatoms. The van der Waals surface area contributed by atoms with E-state index in [1.165, 1.54) is 11.1 Å². The number of carbonyl (C=O) groups is 1. The van der Waals surface area contributed by atoms with E-state index in [1.54, 1.807) is 0 Å². The number of hydrogen-bond acceptors (Lipinski definition) is 3. The lowest BCUT2D eigenvalue weighted by atomic mass is 9.65. The Morgan fingerprint density at radius 2 is 1.85 bits per heavy atom. The van der Waals surface area contributed by atoms with E-state index < -0.39 is 5.60 Å². The van der Waals surface area contributed by atoms with Gasteiger partial charge in [-0.15, -0.1) is 0 Å². The Hall–Kier alpha value is -1.81. The second kappa shape index (κ2) is 7.67. The van der Waals surface area contributed by atoms with Gasteiger partial charge in [-0.05, 0) is 70.7 Å². The van der Waals surface area contributed by atoms with Gasteiger partial charge in [0.1, 0.15) is 5.60 Å². The number of halogens is 1. The minimum Gasteiger partial charge on any atom is -0.444 e. The standard InChI is InChI=1S/C22H29ClN2O2/c1-16-15-18(9-12-24-16)22(17-5-7-19(23)8-6-17)10-13-25(14-11-22)20(26)27-21(2,3)4/h5-9,12,16H,10-11,13-15H2,1-4H3. The highest BCUT2D eigenvalue weighted by atomic mass is 35.5. The van der Waals surface area contributed by atoms with Gasteiger partial charge in [0.25, 0.3) is 0 Å². The zero-order valence-corrected chi connectivity index (χ0v) is 17.4. The Morgan fingerprint density at radius 1 is 1.22 bits per heavy atom. The number of nitrogens with zero attached hydrogens (tertiary/aromatic N) is 2. The van der Waals surface area contributed by atoms with E-state index in [2.05, 4.69) is 30.1 Å². The van der Waals surface area contributed by atoms with E-state index in [0.29, 0.717) is 13.1 Å². The minimum atomic E-state index is -0.473. The van der Waals surface area contributed by atoms with Crippen molar-refractivity contribution in [1.82, 2.24) is 4.90 Å². The Kier molecular flexibility index (Phi) is 5.66. The quantitative estimate of drug-likeness (QED) is 0.680. The number of hydrogen-bond donors (Lipinski definition) is 0. The van der Waals surface area contributed by atoms with Crippen molar-refractivity contribution in [2.75, 3.05) is 13.1 Å². The molecule has 2 aliphatic heterocycles. The van der Waals surface area contributed by atoms with Crippen molar-refractivity contribution >= 4 is 23.9 Å². The first-order valence-electron chi connectivity index (χ1n) is 9.66. The molecule has 1 unspecified atom stereocenters. The van der Waals surface area contributed by atoms with Crippen molar-refractivity contribution in [3.05, 3.63) is 46.5 Å². The average molecular weight is 389 g/mol. The van der Waals surface area contributed by atoms with E-state index in [4.69, 9.17) is 16.3 Å². The summed E-state index contributed by atoms with van der Waals surface area (Å²) in [5.41, 5.74) is 2.12. The molecule has 27 heavy (non-hydrogen) atoms. The predicted molar refractivity (Wildman–Crippen MR) is 111 cm³/mol. The lowest BCUT2D eigenvalue weighted by Crippen LogP contribution is -2.48. The summed E-state index contributed by atoms with van der Waals surface area (Å²) in [6.45, 7) is 9.22. The number of dihydropyridines is 1. The molecule has 0 bridgehead atoms. The van der Waals surface area contributed by atoms with Crippen molar-refractivity contribution in [3.8, 4) is 0 Å². The third-order valence-corrected chi connectivity index (χ3v) is 5.66. The topological polar surface area (TPSA) is 41.9 Å². The van der Waals surface area contributed by atoms with Crippen LogP contribution in [-0.4, -0.2) is 41.9 Å². The maximum Gasteiger partial charge on any atom is 0.410 e. The van der Waals surface area contributed by atoms with Crippen LogP contribution in [0.15, 0.2) is 40.9 Å². The van der Waals surface area contributed by atoms with Gasteiger partial charge in [-0.1, -0.05) is 29.3 Å². The van der Waals surface area contributed by atoms with Gasteiger partial charge in [-0.3, -0.25) is 4.99 Å². The summed E-state index contributed by atoms with van der Waals surface area (Å²) in [6.07, 6.45) is 6.57. The van der Waals surface area contributed by atoms with Crippen molar-refractivity contribution in [2.45, 2.75) is 64.0 Å². The molecule has 0 aliphatic carbocycles. The van der Waals surface area contributed by atoms with Gasteiger partial charge in [0.15, 0.2) is 0 Å². The smallest absolute Gasteiger partial charge is 0.410 e. The van der Waals surface area contributed by atoms with E-state index >= 15 is 0 Å². The van der Waals surface area contributed by atoms with Gasteiger partial charge >= 0.3 is 6.09 Å². The molecule has 146 valence electrons. The first-order valence-corrected chi connectivity index (χ1v) is 10.0. The molecular formula is C22H29ClN2O2. The summed E-state index contributed by atoms with van der Waals surface area (Å²) in [5, 5.41) is 0.743. The largest absolute Gasteiger partial charge is 0.444 e. The summed E-state index contributed by atoms with van der Waals surface area (Å²) in [7, 11) is 0. The highest BCUT2D eigenvalue weighted by Gasteiger charge is 2.41. The second-order valence-corrected chi connectivity index (χ2v) is 9.04. The fourth-order valence-corrected chi connectivity index (χ4v) is 4.16. The van der Waals surface area contributed by atoms with Crippen LogP contribution in [0.3, 0.4) is 0 Å². The fourth-order valence-electron chi connectivity index (χ4n) is 4.04. The predicted octanol–water partition coefficient (Wildman–Crippen LogP) is 5.40. The Morgan fingerprint density at radius 3 is 2.41 bits per heavy atom. The number of benzene rings is 1. The molecule has 3 rings (SSSR count). The number of aliphatic imine (C=N–C) groups is 1. The number of likely N-dealkylation sites (tertiary alicyclic amines) is 1. The Labute approximate surface area is 167 Å². The molecule has 4 nitrogen and oxygen atoms in total. The van der Waals surface area contributed by atoms with Gasteiger partial charge < -0.3 is 9.64 Å². The molecule has 2 aliphatic rings. The van der Waals surface area contributed by atoms with Crippen LogP contribution in [0.2, 0.25) is 5.02 Å². The number of rotatable bonds is 2. The molecule has 1 aromatic rings. The van der Waals surface area contributed by atoms with Crippen molar-refractivity contribution in [3.63, 3.8) is 0 Å². The van der Waals surface area contributed by atoms with Crippen LogP contribution < -0.4 is 0 Å². The number of piperidine rings is 1. The summed E-state index contributed by atoms with van der Waals surface area (Å²) in [5.74, 6) is 0. The van der Waals surface area contributed by atoms with Crippen LogP contribution in [0.1, 0.15) is 52.5 Å². The number of carbonyl (C=O) groups excluding carboxylic acids is 1. The molecule has 1 amide bonds. The van der Waals surface area contributed by atoms with Crippen LogP contribution in [0, 0.1) is 0 Å². The SMILES string of the molecule is CC1CC(C2(c3ccc(Cl)cc3)CCN(C(=O)OC(C)(C)C)CC2)=CC=N1. The Balaban J connectivity index is 1.85. The molecular weight excluding hydrogens is 360 g/mol. The zero-order valence-electron chi connectivity index (χ0n) is 16.7. The number of ether oxygens (including phenoxy) is 1. The number of amides is 1. The van der Waals surface area contributed by atoms with Gasteiger partial charge in [-0.2, -0.15) is 0 Å². The molecule has 2 heterocycles. The van der Waals surface area contributed by atoms with Gasteiger partial charge in [0.05, 0.1) is 6.04 Å².